The Hall–Kier alpha value is -1.68. The molecule has 4 heteroatoms. The number of amides is 1. The summed E-state index contributed by atoms with van der Waals surface area (Å²) in [4.78, 5) is 15.7. The summed E-state index contributed by atoms with van der Waals surface area (Å²) in [5.74, 6) is -0.140. The quantitative estimate of drug-likeness (QED) is 0.808. The molecule has 0 saturated carbocycles. The van der Waals surface area contributed by atoms with Crippen molar-refractivity contribution < 1.29 is 4.79 Å². The molecule has 0 saturated heterocycles. The first-order valence-corrected chi connectivity index (χ1v) is 5.81. The molecule has 2 aromatic rings. The van der Waals surface area contributed by atoms with Gasteiger partial charge in [-0.05, 0) is 37.6 Å². The molecule has 0 aliphatic heterocycles. The molecule has 1 heterocycles. The van der Waals surface area contributed by atoms with Crippen molar-refractivity contribution in [2.45, 2.75) is 13.8 Å². The molecule has 0 aliphatic carbocycles. The Kier molecular flexibility index (Phi) is 3.01. The first kappa shape index (κ1) is 10.8. The number of aryl methyl sites for hydroxylation is 1. The van der Waals surface area contributed by atoms with E-state index in [-0.39, 0.29) is 5.91 Å². The maximum atomic E-state index is 11.3. The third-order valence-corrected chi connectivity index (χ3v) is 3.03. The summed E-state index contributed by atoms with van der Waals surface area (Å²) in [6.07, 6.45) is 3.18. The van der Waals surface area contributed by atoms with Crippen LogP contribution in [0.5, 0.6) is 0 Å². The molecule has 0 spiro atoms. The summed E-state index contributed by atoms with van der Waals surface area (Å²) in [5, 5.41) is 3.38. The smallest absolute Gasteiger partial charge is 0.249 e. The molecule has 1 N–H and O–H groups in total. The first-order valence-electron chi connectivity index (χ1n) is 5.00. The fourth-order valence-electron chi connectivity index (χ4n) is 1.38. The van der Waals surface area contributed by atoms with Crippen molar-refractivity contribution >= 4 is 32.6 Å². The average Bonchev–Trinajstić information content (AvgIpc) is 2.59. The zero-order chi connectivity index (χ0) is 11.5. The van der Waals surface area contributed by atoms with Gasteiger partial charge < -0.3 is 0 Å². The molecule has 82 valence electrons. The van der Waals surface area contributed by atoms with E-state index >= 15 is 0 Å². The number of nitrogens with one attached hydrogen (secondary N) is 1. The number of fused-ring (bicyclic) bond motifs is 1. The van der Waals surface area contributed by atoms with E-state index in [0.29, 0.717) is 5.13 Å². The SMILES string of the molecule is C/C=C/C(=O)Nc1nc2ccc(C)cc2s1. The number of rotatable bonds is 2. The Morgan fingerprint density at radius 1 is 1.50 bits per heavy atom. The Bertz CT molecular complexity index is 557. The monoisotopic (exact) mass is 232 g/mol. The Morgan fingerprint density at radius 2 is 2.31 bits per heavy atom. The number of carbonyl (C=O) groups is 1. The summed E-state index contributed by atoms with van der Waals surface area (Å²) in [5.41, 5.74) is 2.12. The molecular weight excluding hydrogens is 220 g/mol. The molecule has 1 aromatic heterocycles. The van der Waals surface area contributed by atoms with Crippen molar-refractivity contribution in [1.29, 1.82) is 0 Å². The number of aromatic nitrogens is 1. The molecular formula is C12H12N2OS. The van der Waals surface area contributed by atoms with Crippen LogP contribution < -0.4 is 5.32 Å². The molecule has 0 fully saturated rings. The van der Waals surface area contributed by atoms with E-state index < -0.39 is 0 Å². The van der Waals surface area contributed by atoms with Gasteiger partial charge in [0, 0.05) is 0 Å². The minimum Gasteiger partial charge on any atom is -0.298 e. The second-order valence-electron chi connectivity index (χ2n) is 3.48. The number of hydrogen-bond donors (Lipinski definition) is 1. The minimum atomic E-state index is -0.140. The number of allylic oxidation sites excluding steroid dienone is 1. The molecule has 16 heavy (non-hydrogen) atoms. The van der Waals surface area contributed by atoms with Crippen molar-refractivity contribution in [3.63, 3.8) is 0 Å². The van der Waals surface area contributed by atoms with Crippen molar-refractivity contribution in [2.24, 2.45) is 0 Å². The van der Waals surface area contributed by atoms with Crippen LogP contribution in [0.15, 0.2) is 30.4 Å². The van der Waals surface area contributed by atoms with E-state index in [1.807, 2.05) is 19.1 Å². The predicted molar refractivity (Wildman–Crippen MR) is 67.8 cm³/mol. The molecule has 0 atom stereocenters. The van der Waals surface area contributed by atoms with Crippen LogP contribution in [0, 0.1) is 6.92 Å². The van der Waals surface area contributed by atoms with Crippen LogP contribution >= 0.6 is 11.3 Å². The van der Waals surface area contributed by atoms with E-state index in [1.165, 1.54) is 23.0 Å². The first-order chi connectivity index (χ1) is 7.69. The molecule has 2 rings (SSSR count). The zero-order valence-electron chi connectivity index (χ0n) is 9.15. The molecule has 0 aliphatic rings. The summed E-state index contributed by atoms with van der Waals surface area (Å²) in [6, 6.07) is 6.05. The Balaban J connectivity index is 2.29. The summed E-state index contributed by atoms with van der Waals surface area (Å²) >= 11 is 1.49. The Labute approximate surface area is 97.8 Å². The predicted octanol–water partition coefficient (Wildman–Crippen LogP) is 3.12. The largest absolute Gasteiger partial charge is 0.298 e. The van der Waals surface area contributed by atoms with Gasteiger partial charge in [-0.1, -0.05) is 23.5 Å². The number of benzene rings is 1. The lowest BCUT2D eigenvalue weighted by Gasteiger charge is -1.93. The summed E-state index contributed by atoms with van der Waals surface area (Å²) < 4.78 is 1.09. The fourth-order valence-corrected chi connectivity index (χ4v) is 2.35. The third-order valence-electron chi connectivity index (χ3n) is 2.09. The summed E-state index contributed by atoms with van der Waals surface area (Å²) in [7, 11) is 0. The number of thiazole rings is 1. The van der Waals surface area contributed by atoms with Gasteiger partial charge in [0.2, 0.25) is 5.91 Å². The number of anilines is 1. The highest BCUT2D eigenvalue weighted by molar-refractivity contribution is 7.22. The maximum absolute atomic E-state index is 11.3. The highest BCUT2D eigenvalue weighted by atomic mass is 32.1. The third kappa shape index (κ3) is 2.28. The number of hydrogen-bond acceptors (Lipinski definition) is 3. The van der Waals surface area contributed by atoms with Crippen molar-refractivity contribution in [3.05, 3.63) is 35.9 Å². The second-order valence-corrected chi connectivity index (χ2v) is 4.51. The number of nitrogens with zero attached hydrogens (tertiary/aromatic N) is 1. The van der Waals surface area contributed by atoms with Gasteiger partial charge in [-0.25, -0.2) is 4.98 Å². The van der Waals surface area contributed by atoms with E-state index in [1.54, 1.807) is 13.0 Å². The van der Waals surface area contributed by atoms with Crippen LogP contribution in [-0.4, -0.2) is 10.9 Å². The van der Waals surface area contributed by atoms with Gasteiger partial charge in [-0.2, -0.15) is 0 Å². The van der Waals surface area contributed by atoms with Gasteiger partial charge in [0.25, 0.3) is 0 Å². The minimum absolute atomic E-state index is 0.140. The lowest BCUT2D eigenvalue weighted by molar-refractivity contribution is -0.111. The van der Waals surface area contributed by atoms with E-state index in [4.69, 9.17) is 0 Å². The van der Waals surface area contributed by atoms with Crippen molar-refractivity contribution in [3.8, 4) is 0 Å². The van der Waals surface area contributed by atoms with Crippen molar-refractivity contribution in [1.82, 2.24) is 4.98 Å². The van der Waals surface area contributed by atoms with Crippen LogP contribution in [0.3, 0.4) is 0 Å². The van der Waals surface area contributed by atoms with Gasteiger partial charge in [0.05, 0.1) is 10.2 Å². The number of carbonyl (C=O) groups excluding carboxylic acids is 1. The summed E-state index contributed by atoms with van der Waals surface area (Å²) in [6.45, 7) is 3.85. The van der Waals surface area contributed by atoms with Crippen LogP contribution in [0.25, 0.3) is 10.2 Å². The lowest BCUT2D eigenvalue weighted by Crippen LogP contribution is -2.06. The normalized spacial score (nSPS) is 11.1. The topological polar surface area (TPSA) is 42.0 Å². The molecule has 0 unspecified atom stereocenters. The fraction of sp³-hybridized carbons (Fsp3) is 0.167. The van der Waals surface area contributed by atoms with Gasteiger partial charge in [0.15, 0.2) is 5.13 Å². The van der Waals surface area contributed by atoms with Crippen molar-refractivity contribution in [2.75, 3.05) is 5.32 Å². The zero-order valence-corrected chi connectivity index (χ0v) is 9.97. The van der Waals surface area contributed by atoms with Crippen LogP contribution in [0.1, 0.15) is 12.5 Å². The van der Waals surface area contributed by atoms with Crippen LogP contribution in [0.4, 0.5) is 5.13 Å². The van der Waals surface area contributed by atoms with Gasteiger partial charge in [0.1, 0.15) is 0 Å². The van der Waals surface area contributed by atoms with Gasteiger partial charge in [-0.15, -0.1) is 0 Å². The van der Waals surface area contributed by atoms with Crippen LogP contribution in [-0.2, 0) is 4.79 Å². The van der Waals surface area contributed by atoms with E-state index in [9.17, 15) is 4.79 Å². The average molecular weight is 232 g/mol. The lowest BCUT2D eigenvalue weighted by atomic mass is 10.2. The van der Waals surface area contributed by atoms with Gasteiger partial charge in [-0.3, -0.25) is 10.1 Å². The molecule has 0 bridgehead atoms. The van der Waals surface area contributed by atoms with Crippen LogP contribution in [0.2, 0.25) is 0 Å². The standard InChI is InChI=1S/C12H12N2OS/c1-3-4-11(15)14-12-13-9-6-5-8(2)7-10(9)16-12/h3-7H,1-2H3,(H,13,14,15)/b4-3+. The Morgan fingerprint density at radius 3 is 3.06 bits per heavy atom. The van der Waals surface area contributed by atoms with Gasteiger partial charge >= 0.3 is 0 Å². The van der Waals surface area contributed by atoms with E-state index in [0.717, 1.165) is 10.2 Å². The maximum Gasteiger partial charge on any atom is 0.249 e. The molecule has 1 aromatic carbocycles. The second kappa shape index (κ2) is 4.45. The molecule has 0 radical (unpaired) electrons. The highest BCUT2D eigenvalue weighted by Crippen LogP contribution is 2.26. The van der Waals surface area contributed by atoms with E-state index in [2.05, 4.69) is 16.4 Å². The molecule has 1 amide bonds. The highest BCUT2D eigenvalue weighted by Gasteiger charge is 2.05. The molecule has 3 nitrogen and oxygen atoms in total.